The molecule has 1 aromatic heterocycles. The second-order valence-electron chi connectivity index (χ2n) is 6.15. The minimum absolute atomic E-state index is 0.0380. The molecule has 25 heavy (non-hydrogen) atoms. The Bertz CT molecular complexity index is 787. The van der Waals surface area contributed by atoms with E-state index in [1.807, 2.05) is 31.2 Å². The van der Waals surface area contributed by atoms with Gasteiger partial charge in [0.05, 0.1) is 12.2 Å². The molecule has 0 fully saturated rings. The number of carbonyl (C=O) groups is 1. The SMILES string of the molecule is CCOc1ccc(CCC(=O)Nc2sc3c(c2C#N)CCCC3)cc1. The molecule has 0 radical (unpaired) electrons. The Balaban J connectivity index is 1.59. The number of aryl methyl sites for hydroxylation is 2. The zero-order valence-electron chi connectivity index (χ0n) is 14.4. The fourth-order valence-corrected chi connectivity index (χ4v) is 4.39. The van der Waals surface area contributed by atoms with E-state index in [-0.39, 0.29) is 5.91 Å². The Morgan fingerprint density at radius 1 is 1.28 bits per heavy atom. The molecule has 0 aliphatic heterocycles. The van der Waals surface area contributed by atoms with Gasteiger partial charge in [-0.3, -0.25) is 4.79 Å². The Morgan fingerprint density at radius 3 is 2.76 bits per heavy atom. The standard InChI is InChI=1S/C20H22N2O2S/c1-2-24-15-10-7-14(8-11-15)9-12-19(23)22-20-17(13-21)16-5-3-4-6-18(16)25-20/h7-8,10-11H,2-6,9,12H2,1H3,(H,22,23). The van der Waals surface area contributed by atoms with Crippen LogP contribution in [0.15, 0.2) is 24.3 Å². The van der Waals surface area contributed by atoms with E-state index in [0.717, 1.165) is 41.1 Å². The second kappa shape index (κ2) is 8.17. The molecule has 1 aliphatic rings. The summed E-state index contributed by atoms with van der Waals surface area (Å²) in [6.07, 6.45) is 5.35. The van der Waals surface area contributed by atoms with E-state index in [4.69, 9.17) is 4.74 Å². The number of anilines is 1. The van der Waals surface area contributed by atoms with Crippen molar-refractivity contribution in [1.82, 2.24) is 0 Å². The number of amides is 1. The Kier molecular flexibility index (Phi) is 5.72. The summed E-state index contributed by atoms with van der Waals surface area (Å²) in [5, 5.41) is 13.1. The number of ether oxygens (including phenoxy) is 1. The van der Waals surface area contributed by atoms with Gasteiger partial charge in [0.1, 0.15) is 16.8 Å². The van der Waals surface area contributed by atoms with Gasteiger partial charge in [-0.25, -0.2) is 0 Å². The summed E-state index contributed by atoms with van der Waals surface area (Å²) in [6.45, 7) is 2.60. The normalized spacial score (nSPS) is 13.0. The van der Waals surface area contributed by atoms with Crippen LogP contribution in [0.3, 0.4) is 0 Å². The molecular weight excluding hydrogens is 332 g/mol. The van der Waals surface area contributed by atoms with Crippen molar-refractivity contribution in [2.45, 2.75) is 45.4 Å². The number of hydrogen-bond acceptors (Lipinski definition) is 4. The van der Waals surface area contributed by atoms with Crippen LogP contribution in [-0.2, 0) is 24.1 Å². The summed E-state index contributed by atoms with van der Waals surface area (Å²) < 4.78 is 5.42. The number of rotatable bonds is 6. The van der Waals surface area contributed by atoms with Crippen molar-refractivity contribution in [3.05, 3.63) is 45.8 Å². The number of nitrogens with zero attached hydrogens (tertiary/aromatic N) is 1. The molecule has 0 spiro atoms. The van der Waals surface area contributed by atoms with Gasteiger partial charge in [0, 0.05) is 11.3 Å². The molecule has 1 aromatic carbocycles. The van der Waals surface area contributed by atoms with Crippen LogP contribution in [0.5, 0.6) is 5.75 Å². The topological polar surface area (TPSA) is 62.1 Å². The third-order valence-electron chi connectivity index (χ3n) is 4.41. The van der Waals surface area contributed by atoms with Crippen LogP contribution < -0.4 is 10.1 Å². The summed E-state index contributed by atoms with van der Waals surface area (Å²) in [5.41, 5.74) is 2.93. The molecule has 0 unspecified atom stereocenters. The first-order chi connectivity index (χ1) is 12.2. The third-order valence-corrected chi connectivity index (χ3v) is 5.62. The van der Waals surface area contributed by atoms with E-state index in [2.05, 4.69) is 11.4 Å². The van der Waals surface area contributed by atoms with Gasteiger partial charge in [-0.15, -0.1) is 11.3 Å². The van der Waals surface area contributed by atoms with Crippen molar-refractivity contribution in [3.63, 3.8) is 0 Å². The quantitative estimate of drug-likeness (QED) is 0.832. The highest BCUT2D eigenvalue weighted by molar-refractivity contribution is 7.16. The van der Waals surface area contributed by atoms with Crippen LogP contribution in [0.2, 0.25) is 0 Å². The average molecular weight is 354 g/mol. The maximum atomic E-state index is 12.3. The molecule has 4 nitrogen and oxygen atoms in total. The maximum absolute atomic E-state index is 12.3. The molecule has 1 aliphatic carbocycles. The van der Waals surface area contributed by atoms with Crippen LogP contribution in [0.4, 0.5) is 5.00 Å². The highest BCUT2D eigenvalue weighted by Gasteiger charge is 2.21. The number of fused-ring (bicyclic) bond motifs is 1. The molecule has 0 bridgehead atoms. The first-order valence-electron chi connectivity index (χ1n) is 8.77. The number of nitriles is 1. The monoisotopic (exact) mass is 354 g/mol. The van der Waals surface area contributed by atoms with Gasteiger partial charge in [0.25, 0.3) is 0 Å². The number of nitrogens with one attached hydrogen (secondary N) is 1. The Labute approximate surface area is 152 Å². The zero-order chi connectivity index (χ0) is 17.6. The van der Waals surface area contributed by atoms with Crippen molar-refractivity contribution in [3.8, 4) is 11.8 Å². The van der Waals surface area contributed by atoms with Gasteiger partial charge in [-0.2, -0.15) is 5.26 Å². The molecule has 0 atom stereocenters. The molecule has 1 heterocycles. The lowest BCUT2D eigenvalue weighted by Gasteiger charge is -2.09. The fourth-order valence-electron chi connectivity index (χ4n) is 3.14. The smallest absolute Gasteiger partial charge is 0.225 e. The summed E-state index contributed by atoms with van der Waals surface area (Å²) in [6, 6.07) is 10.1. The molecule has 1 amide bonds. The average Bonchev–Trinajstić information content (AvgIpc) is 2.98. The van der Waals surface area contributed by atoms with E-state index in [9.17, 15) is 10.1 Å². The summed E-state index contributed by atoms with van der Waals surface area (Å²) >= 11 is 1.57. The first-order valence-corrected chi connectivity index (χ1v) is 9.59. The highest BCUT2D eigenvalue weighted by atomic mass is 32.1. The second-order valence-corrected chi connectivity index (χ2v) is 7.26. The van der Waals surface area contributed by atoms with Crippen molar-refractivity contribution in [1.29, 1.82) is 5.26 Å². The van der Waals surface area contributed by atoms with Crippen LogP contribution in [-0.4, -0.2) is 12.5 Å². The van der Waals surface area contributed by atoms with Gasteiger partial charge >= 0.3 is 0 Å². The third kappa shape index (κ3) is 4.21. The van der Waals surface area contributed by atoms with Crippen LogP contribution >= 0.6 is 11.3 Å². The van der Waals surface area contributed by atoms with Crippen molar-refractivity contribution >= 4 is 22.2 Å². The summed E-state index contributed by atoms with van der Waals surface area (Å²) in [7, 11) is 0. The van der Waals surface area contributed by atoms with Crippen LogP contribution in [0.25, 0.3) is 0 Å². The number of carbonyl (C=O) groups excluding carboxylic acids is 1. The van der Waals surface area contributed by atoms with Gasteiger partial charge in [-0.1, -0.05) is 12.1 Å². The number of benzene rings is 1. The molecule has 2 aromatic rings. The minimum Gasteiger partial charge on any atom is -0.494 e. The number of hydrogen-bond donors (Lipinski definition) is 1. The predicted octanol–water partition coefficient (Wildman–Crippen LogP) is 4.47. The Morgan fingerprint density at radius 2 is 2.04 bits per heavy atom. The summed E-state index contributed by atoms with van der Waals surface area (Å²) in [5.74, 6) is 0.808. The molecule has 5 heteroatoms. The predicted molar refractivity (Wildman–Crippen MR) is 100 cm³/mol. The van der Waals surface area contributed by atoms with E-state index in [1.165, 1.54) is 11.3 Å². The number of thiophene rings is 1. The molecular formula is C20H22N2O2S. The molecule has 3 rings (SSSR count). The largest absolute Gasteiger partial charge is 0.494 e. The van der Waals surface area contributed by atoms with Crippen LogP contribution in [0, 0.1) is 11.3 Å². The van der Waals surface area contributed by atoms with Gasteiger partial charge < -0.3 is 10.1 Å². The molecule has 0 saturated heterocycles. The van der Waals surface area contributed by atoms with E-state index in [1.54, 1.807) is 11.3 Å². The van der Waals surface area contributed by atoms with Gasteiger partial charge in [-0.05, 0) is 62.3 Å². The van der Waals surface area contributed by atoms with E-state index < -0.39 is 0 Å². The minimum atomic E-state index is -0.0380. The lowest BCUT2D eigenvalue weighted by Crippen LogP contribution is -2.12. The molecule has 1 N–H and O–H groups in total. The van der Waals surface area contributed by atoms with Crippen LogP contribution in [0.1, 0.15) is 47.8 Å². The molecule has 0 saturated carbocycles. The summed E-state index contributed by atoms with van der Waals surface area (Å²) in [4.78, 5) is 13.6. The zero-order valence-corrected chi connectivity index (χ0v) is 15.2. The molecule has 130 valence electrons. The lowest BCUT2D eigenvalue weighted by atomic mass is 9.96. The maximum Gasteiger partial charge on any atom is 0.225 e. The van der Waals surface area contributed by atoms with E-state index in [0.29, 0.717) is 25.0 Å². The van der Waals surface area contributed by atoms with Crippen molar-refractivity contribution < 1.29 is 9.53 Å². The van der Waals surface area contributed by atoms with Gasteiger partial charge in [0.15, 0.2) is 0 Å². The van der Waals surface area contributed by atoms with Crippen molar-refractivity contribution in [2.75, 3.05) is 11.9 Å². The highest BCUT2D eigenvalue weighted by Crippen LogP contribution is 2.37. The Hall–Kier alpha value is -2.32. The fraction of sp³-hybridized carbons (Fsp3) is 0.400. The van der Waals surface area contributed by atoms with E-state index >= 15 is 0 Å². The first kappa shape index (κ1) is 17.5. The van der Waals surface area contributed by atoms with Crippen molar-refractivity contribution in [2.24, 2.45) is 0 Å². The lowest BCUT2D eigenvalue weighted by molar-refractivity contribution is -0.116. The van der Waals surface area contributed by atoms with Gasteiger partial charge in [0.2, 0.25) is 5.91 Å².